The second kappa shape index (κ2) is 7.22. The first kappa shape index (κ1) is 18.0. The normalized spacial score (nSPS) is 26.2. The van der Waals surface area contributed by atoms with Crippen LogP contribution < -0.4 is 25.5 Å². The molecule has 9 nitrogen and oxygen atoms in total. The van der Waals surface area contributed by atoms with Gasteiger partial charge in [-0.25, -0.2) is 4.90 Å². The van der Waals surface area contributed by atoms with Crippen LogP contribution in [0.15, 0.2) is 24.3 Å². The highest BCUT2D eigenvalue weighted by molar-refractivity contribution is 6.21. The number of imide groups is 1. The van der Waals surface area contributed by atoms with Crippen molar-refractivity contribution in [1.29, 1.82) is 0 Å². The van der Waals surface area contributed by atoms with Crippen LogP contribution in [0.1, 0.15) is 16.8 Å². The molecule has 2 aliphatic rings. The zero-order chi connectivity index (χ0) is 18.8. The van der Waals surface area contributed by atoms with E-state index in [-0.39, 0.29) is 36.3 Å². The van der Waals surface area contributed by atoms with E-state index in [1.165, 1.54) is 24.3 Å². The van der Waals surface area contributed by atoms with Crippen LogP contribution in [0, 0.1) is 0 Å². The molecule has 2 fully saturated rings. The van der Waals surface area contributed by atoms with Gasteiger partial charge in [-0.1, -0.05) is 12.1 Å². The van der Waals surface area contributed by atoms with E-state index in [1.54, 1.807) is 0 Å². The van der Waals surface area contributed by atoms with Gasteiger partial charge in [0.2, 0.25) is 5.91 Å². The van der Waals surface area contributed by atoms with Crippen LogP contribution in [-0.2, 0) is 14.4 Å². The van der Waals surface area contributed by atoms with Crippen molar-refractivity contribution in [2.24, 2.45) is 5.73 Å². The number of hydrogen-bond donors (Lipinski definition) is 3. The number of amides is 3. The van der Waals surface area contributed by atoms with E-state index in [2.05, 4.69) is 0 Å². The third-order valence-electron chi connectivity index (χ3n) is 5.02. The molecule has 0 bridgehead atoms. The molecule has 0 aromatic heterocycles. The Morgan fingerprint density at radius 2 is 1.73 bits per heavy atom. The average Bonchev–Trinajstić information content (AvgIpc) is 2.89. The Labute approximate surface area is 149 Å². The van der Waals surface area contributed by atoms with Gasteiger partial charge in [0.25, 0.3) is 11.8 Å². The molecule has 1 aromatic rings. The molecule has 0 radical (unpaired) electrons. The third kappa shape index (κ3) is 3.58. The largest absolute Gasteiger partial charge is 0.545 e. The summed E-state index contributed by atoms with van der Waals surface area (Å²) in [5.41, 5.74) is 5.57. The number of piperazine rings is 1. The number of nitrogens with two attached hydrogens (primary N) is 1. The van der Waals surface area contributed by atoms with Crippen LogP contribution in [0.2, 0.25) is 0 Å². The van der Waals surface area contributed by atoms with Crippen molar-refractivity contribution in [3.63, 3.8) is 0 Å². The molecule has 2 heterocycles. The third-order valence-corrected chi connectivity index (χ3v) is 5.02. The van der Waals surface area contributed by atoms with E-state index in [0.717, 1.165) is 27.8 Å². The van der Waals surface area contributed by atoms with Crippen molar-refractivity contribution in [3.8, 4) is 0 Å². The van der Waals surface area contributed by atoms with Gasteiger partial charge in [0, 0.05) is 0 Å². The number of aromatic carboxylic acids is 1. The van der Waals surface area contributed by atoms with Gasteiger partial charge in [0.15, 0.2) is 12.6 Å². The molecule has 9 heteroatoms. The fourth-order valence-corrected chi connectivity index (χ4v) is 3.67. The number of nitrogens with one attached hydrogen (secondary N) is 2. The van der Waals surface area contributed by atoms with Gasteiger partial charge >= 0.3 is 0 Å². The standard InChI is InChI=1S/C17H20N4O5/c18-14(22)10-19-5-7-20(8-6-19)13-9-15(23)21(16(13)24)12-3-1-11(2-4-12)17(25)26/h1-4,13H,5-10H2,(H2,18,22)(H,25,26)/p+1/t13-/m0/s1. The lowest BCUT2D eigenvalue weighted by Gasteiger charge is -2.31. The molecule has 2 saturated heterocycles. The summed E-state index contributed by atoms with van der Waals surface area (Å²) >= 11 is 0. The van der Waals surface area contributed by atoms with E-state index < -0.39 is 12.0 Å². The minimum Gasteiger partial charge on any atom is -0.545 e. The zero-order valence-corrected chi connectivity index (χ0v) is 14.2. The van der Waals surface area contributed by atoms with Gasteiger partial charge in [-0.05, 0) is 17.7 Å². The first-order chi connectivity index (χ1) is 12.4. The van der Waals surface area contributed by atoms with Crippen molar-refractivity contribution in [2.45, 2.75) is 12.5 Å². The maximum absolute atomic E-state index is 12.8. The summed E-state index contributed by atoms with van der Waals surface area (Å²) in [5, 5.41) is 10.8. The van der Waals surface area contributed by atoms with Gasteiger partial charge in [-0.15, -0.1) is 0 Å². The number of carboxylic acid groups (broad SMARTS) is 1. The molecule has 1 atom stereocenters. The molecule has 3 rings (SSSR count). The average molecular weight is 361 g/mol. The summed E-state index contributed by atoms with van der Waals surface area (Å²) in [6, 6.07) is 5.06. The number of benzene rings is 1. The van der Waals surface area contributed by atoms with Gasteiger partial charge in [0.1, 0.15) is 26.2 Å². The maximum atomic E-state index is 12.8. The number of hydrogen-bond acceptors (Lipinski definition) is 5. The number of anilines is 1. The number of carbonyl (C=O) groups excluding carboxylic acids is 4. The summed E-state index contributed by atoms with van der Waals surface area (Å²) in [6.07, 6.45) is 0.127. The van der Waals surface area contributed by atoms with Gasteiger partial charge in [-0.2, -0.15) is 0 Å². The summed E-state index contributed by atoms with van der Waals surface area (Å²) in [6.45, 7) is 3.09. The highest BCUT2D eigenvalue weighted by Gasteiger charge is 2.46. The monoisotopic (exact) mass is 361 g/mol. The van der Waals surface area contributed by atoms with Gasteiger partial charge < -0.3 is 25.4 Å². The molecule has 1 aromatic carbocycles. The zero-order valence-electron chi connectivity index (χ0n) is 14.2. The van der Waals surface area contributed by atoms with Crippen molar-refractivity contribution in [1.82, 2.24) is 0 Å². The first-order valence-electron chi connectivity index (χ1n) is 8.51. The summed E-state index contributed by atoms with van der Waals surface area (Å²) in [5.74, 6) is -2.22. The van der Waals surface area contributed by atoms with E-state index in [9.17, 15) is 24.3 Å². The predicted molar refractivity (Wildman–Crippen MR) is 87.1 cm³/mol. The molecule has 0 saturated carbocycles. The fourth-order valence-electron chi connectivity index (χ4n) is 3.67. The van der Waals surface area contributed by atoms with Crippen LogP contribution in [0.25, 0.3) is 0 Å². The smallest absolute Gasteiger partial charge is 0.292 e. The molecule has 4 N–H and O–H groups in total. The molecule has 26 heavy (non-hydrogen) atoms. The molecular weight excluding hydrogens is 340 g/mol. The lowest BCUT2D eigenvalue weighted by molar-refractivity contribution is -1.02. The van der Waals surface area contributed by atoms with Crippen LogP contribution >= 0.6 is 0 Å². The molecule has 0 unspecified atom stereocenters. The Kier molecular flexibility index (Phi) is 5.01. The lowest BCUT2D eigenvalue weighted by atomic mass is 10.1. The molecule has 2 aliphatic heterocycles. The van der Waals surface area contributed by atoms with E-state index in [4.69, 9.17) is 5.73 Å². The Hall–Kier alpha value is -2.78. The Morgan fingerprint density at radius 1 is 1.12 bits per heavy atom. The van der Waals surface area contributed by atoms with Crippen LogP contribution in [0.4, 0.5) is 5.69 Å². The van der Waals surface area contributed by atoms with E-state index >= 15 is 0 Å². The second-order valence-corrected chi connectivity index (χ2v) is 6.71. The molecule has 0 spiro atoms. The van der Waals surface area contributed by atoms with E-state index in [0.29, 0.717) is 18.8 Å². The van der Waals surface area contributed by atoms with Crippen LogP contribution in [-0.4, -0.2) is 62.5 Å². The van der Waals surface area contributed by atoms with E-state index in [1.807, 2.05) is 0 Å². The van der Waals surface area contributed by atoms with Crippen molar-refractivity contribution in [3.05, 3.63) is 29.8 Å². The number of primary amides is 1. The summed E-state index contributed by atoms with van der Waals surface area (Å²) in [4.78, 5) is 50.2. The predicted octanol–water partition coefficient (Wildman–Crippen LogP) is -5.05. The fraction of sp³-hybridized carbons (Fsp3) is 0.412. The number of carbonyl (C=O) groups is 4. The Bertz CT molecular complexity index is 740. The highest BCUT2D eigenvalue weighted by Crippen LogP contribution is 2.22. The first-order valence-corrected chi connectivity index (χ1v) is 8.51. The highest BCUT2D eigenvalue weighted by atomic mass is 16.4. The van der Waals surface area contributed by atoms with Crippen LogP contribution in [0.5, 0.6) is 0 Å². The van der Waals surface area contributed by atoms with Crippen molar-refractivity contribution in [2.75, 3.05) is 37.6 Å². The number of nitrogens with zero attached hydrogens (tertiary/aromatic N) is 1. The van der Waals surface area contributed by atoms with Crippen molar-refractivity contribution < 1.29 is 34.1 Å². The van der Waals surface area contributed by atoms with Crippen molar-refractivity contribution >= 4 is 29.4 Å². The Morgan fingerprint density at radius 3 is 2.27 bits per heavy atom. The topological polar surface area (TPSA) is 129 Å². The minimum absolute atomic E-state index is 0.0106. The summed E-state index contributed by atoms with van der Waals surface area (Å²) < 4.78 is 0. The maximum Gasteiger partial charge on any atom is 0.292 e. The molecule has 0 aliphatic carbocycles. The Balaban J connectivity index is 1.67. The quantitative estimate of drug-likeness (QED) is 0.452. The molecule has 3 amide bonds. The SMILES string of the molecule is NC(=O)C[NH+]1CC[NH+]([C@H]2CC(=O)N(c3ccc(C(=O)[O-])cc3)C2=O)CC1. The lowest BCUT2D eigenvalue weighted by Crippen LogP contribution is -3.30. The summed E-state index contributed by atoms with van der Waals surface area (Å²) in [7, 11) is 0. The van der Waals surface area contributed by atoms with Gasteiger partial charge in [-0.3, -0.25) is 14.4 Å². The molecular formula is C17H21N4O5+. The van der Waals surface area contributed by atoms with Gasteiger partial charge in [0.05, 0.1) is 18.1 Å². The molecule has 138 valence electrons. The number of rotatable bonds is 5. The second-order valence-electron chi connectivity index (χ2n) is 6.71. The minimum atomic E-state index is -1.31. The number of carboxylic acids is 1. The number of quaternary nitrogens is 2. The van der Waals surface area contributed by atoms with Crippen LogP contribution in [0.3, 0.4) is 0 Å².